The second-order valence-corrected chi connectivity index (χ2v) is 2.95. The predicted octanol–water partition coefficient (Wildman–Crippen LogP) is 0.479. The Morgan fingerprint density at radius 1 is 1.36 bits per heavy atom. The van der Waals surface area contributed by atoms with E-state index in [1.807, 2.05) is 18.7 Å². The second kappa shape index (κ2) is 7.76. The topological polar surface area (TPSA) is 41.6 Å². The molecule has 1 aliphatic rings. The van der Waals surface area contributed by atoms with E-state index in [1.165, 1.54) is 0 Å². The number of ether oxygens (including phenoxy) is 1. The first-order valence-corrected chi connectivity index (χ1v) is 5.28. The van der Waals surface area contributed by atoms with E-state index >= 15 is 0 Å². The molecule has 1 saturated heterocycles. The van der Waals surface area contributed by atoms with Crippen molar-refractivity contribution in [3.63, 3.8) is 0 Å². The van der Waals surface area contributed by atoms with Crippen molar-refractivity contribution in [2.45, 2.75) is 26.9 Å². The van der Waals surface area contributed by atoms with E-state index < -0.39 is 0 Å². The van der Waals surface area contributed by atoms with Crippen LogP contribution >= 0.6 is 0 Å². The summed E-state index contributed by atoms with van der Waals surface area (Å²) in [6.07, 6.45) is -0.303. The molecule has 1 atom stereocenters. The van der Waals surface area contributed by atoms with Gasteiger partial charge in [0, 0.05) is 33.3 Å². The molecule has 0 bridgehead atoms. The van der Waals surface area contributed by atoms with Crippen LogP contribution in [0.4, 0.5) is 0 Å². The summed E-state index contributed by atoms with van der Waals surface area (Å²) in [6.45, 7) is 9.16. The molecule has 0 aromatic heterocycles. The van der Waals surface area contributed by atoms with Crippen molar-refractivity contribution < 1.29 is 9.53 Å². The minimum Gasteiger partial charge on any atom is -0.372 e. The number of carbonyl (C=O) groups is 1. The molecule has 0 aliphatic carbocycles. The van der Waals surface area contributed by atoms with Crippen LogP contribution in [-0.4, -0.2) is 50.2 Å². The van der Waals surface area contributed by atoms with E-state index in [2.05, 4.69) is 5.32 Å². The van der Waals surface area contributed by atoms with Crippen molar-refractivity contribution in [3.8, 4) is 0 Å². The normalized spacial score (nSPS) is 18.1. The first kappa shape index (κ1) is 13.4. The number of rotatable bonds is 2. The first-order chi connectivity index (χ1) is 6.75. The molecule has 0 radical (unpaired) electrons. The highest BCUT2D eigenvalue weighted by Gasteiger charge is 2.20. The van der Waals surface area contributed by atoms with Gasteiger partial charge in [-0.15, -0.1) is 0 Å². The monoisotopic (exact) mass is 202 g/mol. The molecule has 0 aromatic carbocycles. The average molecular weight is 202 g/mol. The molecule has 0 spiro atoms. The van der Waals surface area contributed by atoms with Crippen LogP contribution in [0.5, 0.6) is 0 Å². The quantitative estimate of drug-likeness (QED) is 0.708. The summed E-state index contributed by atoms with van der Waals surface area (Å²) in [5, 5.41) is 3.19. The van der Waals surface area contributed by atoms with Gasteiger partial charge in [0.2, 0.25) is 0 Å². The summed E-state index contributed by atoms with van der Waals surface area (Å²) in [6, 6.07) is 0. The number of nitrogens with one attached hydrogen (secondary N) is 1. The molecule has 4 nitrogen and oxygen atoms in total. The van der Waals surface area contributed by atoms with E-state index in [0.717, 1.165) is 26.2 Å². The summed E-state index contributed by atoms with van der Waals surface area (Å²) in [7, 11) is 1.56. The van der Waals surface area contributed by atoms with E-state index in [9.17, 15) is 4.79 Å². The molecule has 1 rings (SSSR count). The van der Waals surface area contributed by atoms with Crippen LogP contribution in [0.25, 0.3) is 0 Å². The van der Waals surface area contributed by atoms with Crippen LogP contribution < -0.4 is 5.32 Å². The lowest BCUT2D eigenvalue weighted by molar-refractivity contribution is -0.141. The maximum absolute atomic E-state index is 11.5. The molecule has 0 aromatic rings. The molecular weight excluding hydrogens is 180 g/mol. The molecule has 4 heteroatoms. The molecule has 84 valence electrons. The Labute approximate surface area is 86.6 Å². The number of piperazine rings is 1. The third-order valence-corrected chi connectivity index (χ3v) is 2.13. The van der Waals surface area contributed by atoms with Crippen molar-refractivity contribution in [1.82, 2.24) is 10.2 Å². The van der Waals surface area contributed by atoms with Gasteiger partial charge in [0.1, 0.15) is 6.10 Å². The second-order valence-electron chi connectivity index (χ2n) is 2.95. The van der Waals surface area contributed by atoms with Gasteiger partial charge in [0.15, 0.2) is 0 Å². The van der Waals surface area contributed by atoms with Gasteiger partial charge in [-0.2, -0.15) is 0 Å². The third-order valence-electron chi connectivity index (χ3n) is 2.13. The van der Waals surface area contributed by atoms with Crippen molar-refractivity contribution in [2.75, 3.05) is 33.3 Å². The lowest BCUT2D eigenvalue weighted by Gasteiger charge is -2.29. The molecule has 1 heterocycles. The standard InChI is InChI=1S/C8H16N2O2.C2H6/c1-7(12-2)8(11)10-5-3-9-4-6-10;1-2/h7,9H,3-6H2,1-2H3;1-2H3/t7-;/m0./s1. The van der Waals surface area contributed by atoms with E-state index in [-0.39, 0.29) is 12.0 Å². The highest BCUT2D eigenvalue weighted by molar-refractivity contribution is 5.80. The number of hydrogen-bond donors (Lipinski definition) is 1. The summed E-state index contributed by atoms with van der Waals surface area (Å²) in [5.74, 6) is 0.0963. The molecule has 0 unspecified atom stereocenters. The van der Waals surface area contributed by atoms with Gasteiger partial charge in [-0.1, -0.05) is 13.8 Å². The highest BCUT2D eigenvalue weighted by atomic mass is 16.5. The van der Waals surface area contributed by atoms with E-state index in [0.29, 0.717) is 0 Å². The molecule has 1 aliphatic heterocycles. The Balaban J connectivity index is 0.000000791. The summed E-state index contributed by atoms with van der Waals surface area (Å²) in [4.78, 5) is 13.3. The average Bonchev–Trinajstić information content (AvgIpc) is 2.31. The Kier molecular flexibility index (Phi) is 7.42. The fourth-order valence-electron chi connectivity index (χ4n) is 1.24. The minimum atomic E-state index is -0.303. The smallest absolute Gasteiger partial charge is 0.251 e. The van der Waals surface area contributed by atoms with E-state index in [4.69, 9.17) is 4.74 Å². The first-order valence-electron chi connectivity index (χ1n) is 5.28. The number of carbonyl (C=O) groups excluding carboxylic acids is 1. The lowest BCUT2D eigenvalue weighted by Crippen LogP contribution is -2.49. The molecule has 14 heavy (non-hydrogen) atoms. The fourth-order valence-corrected chi connectivity index (χ4v) is 1.24. The SMILES string of the molecule is CC.CO[C@@H](C)C(=O)N1CCNCC1. The molecule has 1 fully saturated rings. The van der Waals surface area contributed by atoms with Crippen molar-refractivity contribution in [2.24, 2.45) is 0 Å². The largest absolute Gasteiger partial charge is 0.372 e. The van der Waals surface area contributed by atoms with Crippen molar-refractivity contribution in [1.29, 1.82) is 0 Å². The van der Waals surface area contributed by atoms with Crippen LogP contribution in [0, 0.1) is 0 Å². The Morgan fingerprint density at radius 3 is 2.29 bits per heavy atom. The van der Waals surface area contributed by atoms with Gasteiger partial charge in [-0.25, -0.2) is 0 Å². The van der Waals surface area contributed by atoms with Crippen LogP contribution in [0.1, 0.15) is 20.8 Å². The van der Waals surface area contributed by atoms with Gasteiger partial charge < -0.3 is 15.0 Å². The predicted molar refractivity (Wildman–Crippen MR) is 57.3 cm³/mol. The summed E-state index contributed by atoms with van der Waals surface area (Å²) < 4.78 is 4.95. The number of nitrogens with zero attached hydrogens (tertiary/aromatic N) is 1. The molecule has 0 saturated carbocycles. The zero-order chi connectivity index (χ0) is 11.0. The fraction of sp³-hybridized carbons (Fsp3) is 0.900. The number of hydrogen-bond acceptors (Lipinski definition) is 3. The molecule has 1 N–H and O–H groups in total. The number of methoxy groups -OCH3 is 1. The van der Waals surface area contributed by atoms with Crippen LogP contribution in [0.2, 0.25) is 0 Å². The van der Waals surface area contributed by atoms with Gasteiger partial charge in [0.05, 0.1) is 0 Å². The summed E-state index contributed by atoms with van der Waals surface area (Å²) >= 11 is 0. The summed E-state index contributed by atoms with van der Waals surface area (Å²) in [5.41, 5.74) is 0. The maximum Gasteiger partial charge on any atom is 0.251 e. The zero-order valence-corrected chi connectivity index (χ0v) is 9.67. The Morgan fingerprint density at radius 2 is 1.86 bits per heavy atom. The van der Waals surface area contributed by atoms with Crippen molar-refractivity contribution >= 4 is 5.91 Å². The van der Waals surface area contributed by atoms with Gasteiger partial charge in [-0.05, 0) is 6.92 Å². The third kappa shape index (κ3) is 4.07. The number of amides is 1. The van der Waals surface area contributed by atoms with Crippen LogP contribution in [0.3, 0.4) is 0 Å². The Hall–Kier alpha value is -0.610. The van der Waals surface area contributed by atoms with Gasteiger partial charge in [-0.3, -0.25) is 4.79 Å². The minimum absolute atomic E-state index is 0.0963. The molecule has 1 amide bonds. The maximum atomic E-state index is 11.5. The van der Waals surface area contributed by atoms with Gasteiger partial charge >= 0.3 is 0 Å². The Bertz CT molecular complexity index is 156. The van der Waals surface area contributed by atoms with E-state index in [1.54, 1.807) is 14.0 Å². The zero-order valence-electron chi connectivity index (χ0n) is 9.67. The van der Waals surface area contributed by atoms with Crippen LogP contribution in [-0.2, 0) is 9.53 Å². The lowest BCUT2D eigenvalue weighted by atomic mass is 10.3. The highest BCUT2D eigenvalue weighted by Crippen LogP contribution is 1.99. The van der Waals surface area contributed by atoms with Crippen molar-refractivity contribution in [3.05, 3.63) is 0 Å². The molecular formula is C10H22N2O2. The van der Waals surface area contributed by atoms with Gasteiger partial charge in [0.25, 0.3) is 5.91 Å². The van der Waals surface area contributed by atoms with Crippen LogP contribution in [0.15, 0.2) is 0 Å².